The fourth-order valence-corrected chi connectivity index (χ4v) is 6.64. The average molecular weight is 486 g/mol. The first-order valence-corrected chi connectivity index (χ1v) is 13.3. The van der Waals surface area contributed by atoms with Gasteiger partial charge in [-0.3, -0.25) is 0 Å². The van der Waals surface area contributed by atoms with Crippen molar-refractivity contribution in [2.24, 2.45) is 7.05 Å². The van der Waals surface area contributed by atoms with Gasteiger partial charge in [0, 0.05) is 33.7 Å². The van der Waals surface area contributed by atoms with Crippen LogP contribution in [0.1, 0.15) is 57.2 Å². The molecule has 3 heteroatoms. The predicted octanol–water partition coefficient (Wildman–Crippen LogP) is 8.44. The molecule has 7 rings (SSSR count). The van der Waals surface area contributed by atoms with Crippen molar-refractivity contribution >= 4 is 43.9 Å². The van der Waals surface area contributed by atoms with Crippen LogP contribution in [-0.2, 0) is 17.9 Å². The maximum absolute atomic E-state index is 6.68. The molecular formula is C34H33N2O+. The van der Waals surface area contributed by atoms with E-state index in [1.54, 1.807) is 0 Å². The SMILES string of the molecule is Cc1ccc2c(oc3nc4c5c(ccc4cc32)C(C)(C)CCC5(C)C)c1-c1ccc2ccccc2[n+]1C. The molecule has 184 valence electrons. The van der Waals surface area contributed by atoms with E-state index in [4.69, 9.17) is 9.40 Å². The van der Waals surface area contributed by atoms with Crippen molar-refractivity contribution in [2.45, 2.75) is 58.3 Å². The molecule has 1 aliphatic carbocycles. The van der Waals surface area contributed by atoms with E-state index in [0.29, 0.717) is 0 Å². The minimum absolute atomic E-state index is 0.0810. The van der Waals surface area contributed by atoms with Gasteiger partial charge in [-0.05, 0) is 65.5 Å². The van der Waals surface area contributed by atoms with Gasteiger partial charge in [-0.1, -0.05) is 64.1 Å². The van der Waals surface area contributed by atoms with E-state index in [9.17, 15) is 0 Å². The Labute approximate surface area is 217 Å². The van der Waals surface area contributed by atoms with E-state index in [1.165, 1.54) is 39.4 Å². The summed E-state index contributed by atoms with van der Waals surface area (Å²) >= 11 is 0. The van der Waals surface area contributed by atoms with Crippen LogP contribution >= 0.6 is 0 Å². The van der Waals surface area contributed by atoms with Crippen LogP contribution in [0.3, 0.4) is 0 Å². The number of para-hydroxylation sites is 1. The number of hydrogen-bond donors (Lipinski definition) is 0. The number of hydrogen-bond acceptors (Lipinski definition) is 2. The van der Waals surface area contributed by atoms with Crippen molar-refractivity contribution in [3.63, 3.8) is 0 Å². The van der Waals surface area contributed by atoms with Gasteiger partial charge in [0.25, 0.3) is 0 Å². The normalized spacial score (nSPS) is 16.6. The van der Waals surface area contributed by atoms with E-state index in [2.05, 4.69) is 113 Å². The summed E-state index contributed by atoms with van der Waals surface area (Å²) in [6, 6.07) is 24.2. The Morgan fingerprint density at radius 3 is 2.41 bits per heavy atom. The lowest BCUT2D eigenvalue weighted by Crippen LogP contribution is -2.34. The summed E-state index contributed by atoms with van der Waals surface area (Å²) in [7, 11) is 2.14. The molecule has 3 heterocycles. The highest BCUT2D eigenvalue weighted by molar-refractivity contribution is 6.11. The molecule has 0 aliphatic heterocycles. The standard InChI is InChI=1S/C34H33N2O/c1-20-11-14-23-24-19-22-12-15-25-29(34(4,5)18-17-33(25,2)3)30(22)35-32(24)37-31(23)28(20)27-16-13-21-9-7-8-10-26(21)36(27)6/h7-16,19H,17-18H2,1-6H3/q+1. The molecular weight excluding hydrogens is 452 g/mol. The van der Waals surface area contributed by atoms with Crippen LogP contribution in [0.15, 0.2) is 71.1 Å². The van der Waals surface area contributed by atoms with Gasteiger partial charge in [0.1, 0.15) is 7.05 Å². The van der Waals surface area contributed by atoms with Gasteiger partial charge < -0.3 is 4.42 Å². The topological polar surface area (TPSA) is 29.9 Å². The van der Waals surface area contributed by atoms with Crippen molar-refractivity contribution < 1.29 is 8.98 Å². The van der Waals surface area contributed by atoms with Crippen LogP contribution in [0.2, 0.25) is 0 Å². The molecule has 37 heavy (non-hydrogen) atoms. The predicted molar refractivity (Wildman–Crippen MR) is 153 cm³/mol. The molecule has 0 atom stereocenters. The minimum atomic E-state index is 0.0810. The van der Waals surface area contributed by atoms with Crippen molar-refractivity contribution in [2.75, 3.05) is 0 Å². The van der Waals surface area contributed by atoms with Crippen LogP contribution in [0, 0.1) is 6.92 Å². The molecule has 0 saturated heterocycles. The Morgan fingerprint density at radius 2 is 1.57 bits per heavy atom. The molecule has 0 unspecified atom stereocenters. The first-order valence-electron chi connectivity index (χ1n) is 13.3. The van der Waals surface area contributed by atoms with Gasteiger partial charge in [0.05, 0.1) is 11.1 Å². The van der Waals surface area contributed by atoms with Crippen molar-refractivity contribution in [3.8, 4) is 11.3 Å². The van der Waals surface area contributed by atoms with Gasteiger partial charge in [-0.25, -0.2) is 4.98 Å². The van der Waals surface area contributed by atoms with Crippen molar-refractivity contribution in [3.05, 3.63) is 83.4 Å². The van der Waals surface area contributed by atoms with E-state index >= 15 is 0 Å². The summed E-state index contributed by atoms with van der Waals surface area (Å²) in [5.74, 6) is 0. The first-order chi connectivity index (χ1) is 17.7. The number of pyridine rings is 2. The molecule has 0 N–H and O–H groups in total. The van der Waals surface area contributed by atoms with E-state index in [-0.39, 0.29) is 10.8 Å². The lowest BCUT2D eigenvalue weighted by atomic mass is 9.62. The Morgan fingerprint density at radius 1 is 0.811 bits per heavy atom. The second-order valence-corrected chi connectivity index (χ2v) is 12.2. The Balaban J connectivity index is 1.55. The van der Waals surface area contributed by atoms with E-state index in [1.807, 2.05) is 0 Å². The van der Waals surface area contributed by atoms with Gasteiger partial charge in [-0.2, -0.15) is 4.57 Å². The molecule has 6 aromatic rings. The third-order valence-electron chi connectivity index (χ3n) is 8.92. The van der Waals surface area contributed by atoms with Crippen molar-refractivity contribution in [1.82, 2.24) is 4.98 Å². The molecule has 3 aromatic carbocycles. The molecule has 3 nitrogen and oxygen atoms in total. The maximum atomic E-state index is 6.68. The fraction of sp³-hybridized carbons (Fsp3) is 0.294. The molecule has 3 aromatic heterocycles. The second kappa shape index (κ2) is 7.41. The van der Waals surface area contributed by atoms with Crippen LogP contribution < -0.4 is 4.57 Å². The molecule has 0 fully saturated rings. The Hall–Kier alpha value is -3.72. The summed E-state index contributed by atoms with van der Waals surface area (Å²) in [5.41, 5.74) is 10.5. The first kappa shape index (κ1) is 22.5. The summed E-state index contributed by atoms with van der Waals surface area (Å²) in [6.45, 7) is 11.6. The van der Waals surface area contributed by atoms with E-state index < -0.39 is 0 Å². The molecule has 1 aliphatic rings. The number of rotatable bonds is 1. The second-order valence-electron chi connectivity index (χ2n) is 12.2. The monoisotopic (exact) mass is 485 g/mol. The summed E-state index contributed by atoms with van der Waals surface area (Å²) in [6.07, 6.45) is 2.35. The molecule has 0 spiro atoms. The van der Waals surface area contributed by atoms with Crippen LogP contribution in [-0.4, -0.2) is 4.98 Å². The van der Waals surface area contributed by atoms with Gasteiger partial charge in [-0.15, -0.1) is 0 Å². The molecule has 0 amide bonds. The summed E-state index contributed by atoms with van der Waals surface area (Å²) in [5, 5.41) is 4.63. The number of nitrogens with zero attached hydrogens (tertiary/aromatic N) is 2. The summed E-state index contributed by atoms with van der Waals surface area (Å²) in [4.78, 5) is 5.25. The van der Waals surface area contributed by atoms with Crippen molar-refractivity contribution in [1.29, 1.82) is 0 Å². The maximum Gasteiger partial charge on any atom is 0.227 e. The molecule has 0 bridgehead atoms. The highest BCUT2D eigenvalue weighted by Gasteiger charge is 2.38. The fourth-order valence-electron chi connectivity index (χ4n) is 6.64. The van der Waals surface area contributed by atoms with Crippen LogP contribution in [0.5, 0.6) is 0 Å². The van der Waals surface area contributed by atoms with Gasteiger partial charge in [0.15, 0.2) is 5.58 Å². The van der Waals surface area contributed by atoms with Gasteiger partial charge >= 0.3 is 0 Å². The molecule has 0 radical (unpaired) electrons. The number of aromatic nitrogens is 2. The smallest absolute Gasteiger partial charge is 0.227 e. The van der Waals surface area contributed by atoms with E-state index in [0.717, 1.165) is 45.3 Å². The number of furan rings is 1. The Kier molecular flexibility index (Phi) is 4.50. The lowest BCUT2D eigenvalue weighted by Gasteiger charge is -2.42. The third-order valence-corrected chi connectivity index (χ3v) is 8.92. The number of benzene rings is 3. The quantitative estimate of drug-likeness (QED) is 0.219. The van der Waals surface area contributed by atoms with Gasteiger partial charge in [0.2, 0.25) is 16.9 Å². The van der Waals surface area contributed by atoms with Crippen LogP contribution in [0.25, 0.3) is 55.1 Å². The Bertz CT molecular complexity index is 1910. The number of aryl methyl sites for hydroxylation is 2. The van der Waals surface area contributed by atoms with Crippen LogP contribution in [0.4, 0.5) is 0 Å². The minimum Gasteiger partial charge on any atom is -0.437 e. The summed E-state index contributed by atoms with van der Waals surface area (Å²) < 4.78 is 8.95. The largest absolute Gasteiger partial charge is 0.437 e. The zero-order valence-corrected chi connectivity index (χ0v) is 22.6. The third kappa shape index (κ3) is 3.13. The zero-order chi connectivity index (χ0) is 25.7. The lowest BCUT2D eigenvalue weighted by molar-refractivity contribution is -0.633. The highest BCUT2D eigenvalue weighted by Crippen LogP contribution is 2.49. The zero-order valence-electron chi connectivity index (χ0n) is 22.6. The number of fused-ring (bicyclic) bond motifs is 7. The highest BCUT2D eigenvalue weighted by atomic mass is 16.3. The molecule has 0 saturated carbocycles. The average Bonchev–Trinajstić information content (AvgIpc) is 3.23.